The van der Waals surface area contributed by atoms with Gasteiger partial charge in [-0.05, 0) is 19.1 Å². The van der Waals surface area contributed by atoms with Crippen molar-refractivity contribution in [2.75, 3.05) is 19.7 Å². The summed E-state index contributed by atoms with van der Waals surface area (Å²) in [7, 11) is 0. The Kier molecular flexibility index (Phi) is 4.16. The summed E-state index contributed by atoms with van der Waals surface area (Å²) in [6.45, 7) is 2.68. The van der Waals surface area contributed by atoms with Crippen molar-refractivity contribution in [3.63, 3.8) is 0 Å². The summed E-state index contributed by atoms with van der Waals surface area (Å²) in [6, 6.07) is 3.17. The van der Waals surface area contributed by atoms with Gasteiger partial charge in [-0.15, -0.1) is 0 Å². The van der Waals surface area contributed by atoms with Crippen molar-refractivity contribution >= 4 is 17.5 Å². The Balaban J connectivity index is 2.13. The first-order chi connectivity index (χ1) is 8.60. The molecule has 0 bridgehead atoms. The largest absolute Gasteiger partial charge is 0.394 e. The van der Waals surface area contributed by atoms with E-state index in [1.165, 1.54) is 12.3 Å². The molecule has 1 aromatic rings. The van der Waals surface area contributed by atoms with Gasteiger partial charge in [-0.1, -0.05) is 11.6 Å². The third kappa shape index (κ3) is 2.98. The van der Waals surface area contributed by atoms with E-state index in [1.54, 1.807) is 11.0 Å². The number of morpholine rings is 1. The number of rotatable bonds is 2. The second-order valence-electron chi connectivity index (χ2n) is 4.33. The summed E-state index contributed by atoms with van der Waals surface area (Å²) in [5.41, 5.74) is 0.501. The molecule has 1 N–H and O–H groups in total. The van der Waals surface area contributed by atoms with Gasteiger partial charge in [0.15, 0.2) is 0 Å². The highest BCUT2D eigenvalue weighted by Crippen LogP contribution is 2.15. The van der Waals surface area contributed by atoms with Crippen LogP contribution in [0.2, 0.25) is 5.15 Å². The van der Waals surface area contributed by atoms with E-state index in [0.29, 0.717) is 23.8 Å². The summed E-state index contributed by atoms with van der Waals surface area (Å²) < 4.78 is 5.49. The molecule has 18 heavy (non-hydrogen) atoms. The Morgan fingerprint density at radius 1 is 1.67 bits per heavy atom. The number of hydrogen-bond acceptors (Lipinski definition) is 4. The zero-order valence-corrected chi connectivity index (χ0v) is 10.8. The van der Waals surface area contributed by atoms with Gasteiger partial charge < -0.3 is 14.7 Å². The van der Waals surface area contributed by atoms with Crippen molar-refractivity contribution in [1.82, 2.24) is 9.88 Å². The molecule has 0 aliphatic carbocycles. The van der Waals surface area contributed by atoms with Crippen LogP contribution in [0.15, 0.2) is 18.3 Å². The maximum atomic E-state index is 12.3. The molecular weight excluding hydrogens is 256 g/mol. The van der Waals surface area contributed by atoms with Crippen LogP contribution in [0.1, 0.15) is 17.3 Å². The summed E-state index contributed by atoms with van der Waals surface area (Å²) in [6.07, 6.45) is 1.09. The van der Waals surface area contributed by atoms with Gasteiger partial charge in [-0.25, -0.2) is 4.98 Å². The fourth-order valence-electron chi connectivity index (χ4n) is 2.03. The zero-order chi connectivity index (χ0) is 13.1. The molecule has 98 valence electrons. The minimum absolute atomic E-state index is 0.0860. The Hall–Kier alpha value is -1.17. The lowest BCUT2D eigenvalue weighted by molar-refractivity contribution is -0.0858. The average molecular weight is 271 g/mol. The van der Waals surface area contributed by atoms with E-state index in [2.05, 4.69) is 4.98 Å². The molecule has 2 rings (SSSR count). The van der Waals surface area contributed by atoms with Crippen molar-refractivity contribution in [3.8, 4) is 0 Å². The lowest BCUT2D eigenvalue weighted by Gasteiger charge is -2.36. The Bertz CT molecular complexity index is 441. The number of aliphatic hydroxyl groups is 1. The molecule has 1 fully saturated rings. The molecule has 1 saturated heterocycles. The summed E-state index contributed by atoms with van der Waals surface area (Å²) in [5.74, 6) is -0.118. The zero-order valence-electron chi connectivity index (χ0n) is 10.0. The first-order valence-corrected chi connectivity index (χ1v) is 6.15. The van der Waals surface area contributed by atoms with Gasteiger partial charge in [0.25, 0.3) is 5.91 Å². The third-order valence-electron chi connectivity index (χ3n) is 2.79. The molecule has 1 aliphatic heterocycles. The Morgan fingerprint density at radius 2 is 2.44 bits per heavy atom. The van der Waals surface area contributed by atoms with E-state index in [-0.39, 0.29) is 24.7 Å². The van der Waals surface area contributed by atoms with E-state index in [9.17, 15) is 4.79 Å². The van der Waals surface area contributed by atoms with E-state index < -0.39 is 0 Å². The lowest BCUT2D eigenvalue weighted by Crippen LogP contribution is -2.50. The molecule has 1 amide bonds. The highest BCUT2D eigenvalue weighted by atomic mass is 35.5. The van der Waals surface area contributed by atoms with E-state index in [0.717, 1.165) is 0 Å². The number of ether oxygens (including phenoxy) is 1. The van der Waals surface area contributed by atoms with E-state index >= 15 is 0 Å². The predicted octanol–water partition coefficient (Wildman–Crippen LogP) is 0.957. The number of nitrogens with zero attached hydrogens (tertiary/aromatic N) is 2. The fourth-order valence-corrected chi connectivity index (χ4v) is 2.20. The molecule has 2 unspecified atom stereocenters. The maximum absolute atomic E-state index is 12.3. The minimum atomic E-state index is -0.324. The van der Waals surface area contributed by atoms with Crippen LogP contribution in [0.5, 0.6) is 0 Å². The molecule has 0 aromatic carbocycles. The van der Waals surface area contributed by atoms with E-state index in [1.807, 2.05) is 6.92 Å². The molecule has 0 radical (unpaired) electrons. The third-order valence-corrected chi connectivity index (χ3v) is 3.00. The molecule has 5 nitrogen and oxygen atoms in total. The minimum Gasteiger partial charge on any atom is -0.394 e. The molecule has 1 aromatic heterocycles. The van der Waals surface area contributed by atoms with Crippen molar-refractivity contribution in [2.24, 2.45) is 0 Å². The number of aromatic nitrogens is 1. The fraction of sp³-hybridized carbons (Fsp3) is 0.500. The summed E-state index contributed by atoms with van der Waals surface area (Å²) in [4.78, 5) is 17.8. The van der Waals surface area contributed by atoms with Crippen LogP contribution in [0, 0.1) is 0 Å². The first kappa shape index (κ1) is 13.3. The molecule has 6 heteroatoms. The lowest BCUT2D eigenvalue weighted by atomic mass is 10.1. The van der Waals surface area contributed by atoms with Crippen LogP contribution in [-0.4, -0.2) is 52.8 Å². The summed E-state index contributed by atoms with van der Waals surface area (Å²) >= 11 is 5.77. The predicted molar refractivity (Wildman–Crippen MR) is 66.6 cm³/mol. The smallest absolute Gasteiger partial charge is 0.254 e. The molecule has 0 saturated carbocycles. The van der Waals surface area contributed by atoms with Gasteiger partial charge >= 0.3 is 0 Å². The topological polar surface area (TPSA) is 62.7 Å². The van der Waals surface area contributed by atoms with Gasteiger partial charge in [0.1, 0.15) is 5.15 Å². The van der Waals surface area contributed by atoms with Crippen molar-refractivity contribution in [2.45, 2.75) is 19.1 Å². The van der Waals surface area contributed by atoms with Crippen LogP contribution < -0.4 is 0 Å². The second kappa shape index (κ2) is 5.65. The van der Waals surface area contributed by atoms with E-state index in [4.69, 9.17) is 21.4 Å². The number of amides is 1. The van der Waals surface area contributed by atoms with Crippen molar-refractivity contribution in [3.05, 3.63) is 29.0 Å². The number of carbonyl (C=O) groups excluding carboxylic acids is 1. The molecule has 1 aliphatic rings. The maximum Gasteiger partial charge on any atom is 0.254 e. The Labute approximate surface area is 110 Å². The normalized spacial score (nSPS) is 24.1. The van der Waals surface area contributed by atoms with Gasteiger partial charge in [0.2, 0.25) is 0 Å². The van der Waals surface area contributed by atoms with Crippen molar-refractivity contribution < 1.29 is 14.6 Å². The molecule has 2 heterocycles. The number of hydrogen-bond donors (Lipinski definition) is 1. The van der Waals surface area contributed by atoms with Gasteiger partial charge in [0, 0.05) is 24.8 Å². The Morgan fingerprint density at radius 3 is 3.11 bits per heavy atom. The van der Waals surface area contributed by atoms with Gasteiger partial charge in [-0.2, -0.15) is 0 Å². The second-order valence-corrected chi connectivity index (χ2v) is 4.72. The molecule has 2 atom stereocenters. The van der Waals surface area contributed by atoms with Crippen LogP contribution in [0.25, 0.3) is 0 Å². The van der Waals surface area contributed by atoms with Crippen molar-refractivity contribution in [1.29, 1.82) is 0 Å². The quantitative estimate of drug-likeness (QED) is 0.813. The molecule has 0 spiro atoms. The number of aliphatic hydroxyl groups excluding tert-OH is 1. The van der Waals surface area contributed by atoms with Gasteiger partial charge in [-0.3, -0.25) is 4.79 Å². The standard InChI is InChI=1S/C12H15ClN2O3/c1-8-5-15(6-10(7-16)18-8)12(17)9-2-3-14-11(13)4-9/h2-4,8,10,16H,5-7H2,1H3. The SMILES string of the molecule is CC1CN(C(=O)c2ccnc(Cl)c2)CC(CO)O1. The number of halogens is 1. The summed E-state index contributed by atoms with van der Waals surface area (Å²) in [5, 5.41) is 9.42. The van der Waals surface area contributed by atoms with Crippen LogP contribution >= 0.6 is 11.6 Å². The highest BCUT2D eigenvalue weighted by molar-refractivity contribution is 6.29. The average Bonchev–Trinajstić information content (AvgIpc) is 2.37. The monoisotopic (exact) mass is 270 g/mol. The van der Waals surface area contributed by atoms with Crippen LogP contribution in [0.3, 0.4) is 0 Å². The number of pyridine rings is 1. The van der Waals surface area contributed by atoms with Crippen LogP contribution in [0.4, 0.5) is 0 Å². The first-order valence-electron chi connectivity index (χ1n) is 5.77. The number of carbonyl (C=O) groups is 1. The highest BCUT2D eigenvalue weighted by Gasteiger charge is 2.28. The molecular formula is C12H15ClN2O3. The van der Waals surface area contributed by atoms with Gasteiger partial charge in [0.05, 0.1) is 18.8 Å². The van der Waals surface area contributed by atoms with Crippen LogP contribution in [-0.2, 0) is 4.74 Å².